The average Bonchev–Trinajstić information content (AvgIpc) is 2.79. The SMILES string of the molecule is NS(=O)(=O)c1cccc(-c2c(NC3CCC(O)CC3)nc(C(F)(F)F)nc2-c2ccc(F)cc2)c1. The predicted molar refractivity (Wildman–Crippen MR) is 121 cm³/mol. The first-order chi connectivity index (χ1) is 16.4. The van der Waals surface area contributed by atoms with Gasteiger partial charge >= 0.3 is 6.18 Å². The van der Waals surface area contributed by atoms with E-state index in [0.29, 0.717) is 25.7 Å². The fourth-order valence-electron chi connectivity index (χ4n) is 4.02. The first kappa shape index (κ1) is 25.0. The largest absolute Gasteiger partial charge is 0.451 e. The van der Waals surface area contributed by atoms with Crippen molar-refractivity contribution in [2.24, 2.45) is 5.14 Å². The van der Waals surface area contributed by atoms with Gasteiger partial charge in [-0.15, -0.1) is 0 Å². The van der Waals surface area contributed by atoms with E-state index in [1.54, 1.807) is 0 Å². The molecule has 35 heavy (non-hydrogen) atoms. The van der Waals surface area contributed by atoms with E-state index >= 15 is 0 Å². The van der Waals surface area contributed by atoms with Crippen molar-refractivity contribution >= 4 is 15.8 Å². The minimum atomic E-state index is -4.88. The van der Waals surface area contributed by atoms with E-state index in [4.69, 9.17) is 5.14 Å². The number of hydrogen-bond acceptors (Lipinski definition) is 6. The van der Waals surface area contributed by atoms with Crippen LogP contribution >= 0.6 is 0 Å². The summed E-state index contributed by atoms with van der Waals surface area (Å²) in [5, 5.41) is 18.1. The number of halogens is 4. The van der Waals surface area contributed by atoms with Crippen molar-refractivity contribution in [3.8, 4) is 22.4 Å². The van der Waals surface area contributed by atoms with Gasteiger partial charge in [0.1, 0.15) is 11.6 Å². The summed E-state index contributed by atoms with van der Waals surface area (Å²) in [4.78, 5) is 7.28. The molecule has 0 unspecified atom stereocenters. The smallest absolute Gasteiger partial charge is 0.393 e. The summed E-state index contributed by atoms with van der Waals surface area (Å²) in [5.41, 5.74) is 0.346. The second kappa shape index (κ2) is 9.51. The van der Waals surface area contributed by atoms with Crippen LogP contribution < -0.4 is 10.5 Å². The summed E-state index contributed by atoms with van der Waals surface area (Å²) >= 11 is 0. The molecule has 0 bridgehead atoms. The average molecular weight is 511 g/mol. The second-order valence-corrected chi connectivity index (χ2v) is 9.91. The van der Waals surface area contributed by atoms with Gasteiger partial charge in [0.05, 0.1) is 22.3 Å². The van der Waals surface area contributed by atoms with Crippen molar-refractivity contribution in [2.75, 3.05) is 5.32 Å². The Morgan fingerprint density at radius 3 is 2.23 bits per heavy atom. The van der Waals surface area contributed by atoms with Crippen LogP contribution in [0.2, 0.25) is 0 Å². The van der Waals surface area contributed by atoms with Crippen LogP contribution in [0.4, 0.5) is 23.4 Å². The predicted octanol–water partition coefficient (Wildman–Crippen LogP) is 4.33. The monoisotopic (exact) mass is 510 g/mol. The molecule has 4 rings (SSSR count). The normalized spacial score (nSPS) is 18.9. The molecule has 0 aliphatic heterocycles. The quantitative estimate of drug-likeness (QED) is 0.440. The number of rotatable bonds is 5. The highest BCUT2D eigenvalue weighted by molar-refractivity contribution is 7.89. The highest BCUT2D eigenvalue weighted by Crippen LogP contribution is 2.40. The molecule has 0 radical (unpaired) electrons. The van der Waals surface area contributed by atoms with Gasteiger partial charge in [0.15, 0.2) is 0 Å². The number of hydrogen-bond donors (Lipinski definition) is 3. The standard InChI is InChI=1S/C23H22F4N4O3S/c24-15-6-4-13(5-7-15)20-19(14-2-1-3-18(12-14)35(28,33)34)21(31-22(30-20)23(25,26)27)29-16-8-10-17(32)11-9-16/h1-7,12,16-17,32H,8-11H2,(H2,28,33,34)(H,29,30,31). The topological polar surface area (TPSA) is 118 Å². The zero-order valence-electron chi connectivity index (χ0n) is 18.3. The number of nitrogens with two attached hydrogens (primary N) is 1. The van der Waals surface area contributed by atoms with Gasteiger partial charge < -0.3 is 10.4 Å². The third-order valence-electron chi connectivity index (χ3n) is 5.77. The van der Waals surface area contributed by atoms with Crippen LogP contribution in [0.5, 0.6) is 0 Å². The van der Waals surface area contributed by atoms with Gasteiger partial charge in [0.2, 0.25) is 15.8 Å². The number of sulfonamides is 1. The van der Waals surface area contributed by atoms with E-state index in [2.05, 4.69) is 15.3 Å². The van der Waals surface area contributed by atoms with Crippen molar-refractivity contribution in [2.45, 2.75) is 48.9 Å². The van der Waals surface area contributed by atoms with Gasteiger partial charge in [-0.2, -0.15) is 13.2 Å². The summed E-state index contributed by atoms with van der Waals surface area (Å²) in [7, 11) is -4.11. The van der Waals surface area contributed by atoms with Gasteiger partial charge in [-0.05, 0) is 67.6 Å². The molecule has 1 aromatic heterocycles. The lowest BCUT2D eigenvalue weighted by molar-refractivity contribution is -0.144. The van der Waals surface area contributed by atoms with Gasteiger partial charge in [-0.1, -0.05) is 12.1 Å². The maximum atomic E-state index is 13.8. The number of aliphatic hydroxyl groups is 1. The van der Waals surface area contributed by atoms with Gasteiger partial charge in [-0.25, -0.2) is 27.9 Å². The lowest BCUT2D eigenvalue weighted by Gasteiger charge is -2.28. The minimum absolute atomic E-state index is 0.112. The molecule has 12 heteroatoms. The molecule has 3 aromatic rings. The number of alkyl halides is 3. The fraction of sp³-hybridized carbons (Fsp3) is 0.304. The van der Waals surface area contributed by atoms with E-state index < -0.39 is 33.9 Å². The van der Waals surface area contributed by atoms with Crippen LogP contribution in [0.3, 0.4) is 0 Å². The van der Waals surface area contributed by atoms with Crippen LogP contribution in [-0.2, 0) is 16.2 Å². The highest BCUT2D eigenvalue weighted by Gasteiger charge is 2.37. The van der Waals surface area contributed by atoms with Crippen molar-refractivity contribution in [3.05, 3.63) is 60.2 Å². The Labute approximate surface area is 199 Å². The van der Waals surface area contributed by atoms with Crippen LogP contribution in [0.1, 0.15) is 31.5 Å². The zero-order chi connectivity index (χ0) is 25.4. The zero-order valence-corrected chi connectivity index (χ0v) is 19.1. The Bertz CT molecular complexity index is 1320. The molecule has 186 valence electrons. The Morgan fingerprint density at radius 1 is 0.971 bits per heavy atom. The summed E-state index contributed by atoms with van der Waals surface area (Å²) in [6, 6.07) is 9.86. The fourth-order valence-corrected chi connectivity index (χ4v) is 4.58. The molecule has 0 atom stereocenters. The Balaban J connectivity index is 1.97. The summed E-state index contributed by atoms with van der Waals surface area (Å²) in [6.07, 6.45) is -3.44. The van der Waals surface area contributed by atoms with Gasteiger partial charge in [0.25, 0.3) is 0 Å². The number of aliphatic hydroxyl groups excluding tert-OH is 1. The molecule has 1 heterocycles. The third-order valence-corrected chi connectivity index (χ3v) is 6.68. The number of aromatic nitrogens is 2. The first-order valence-electron chi connectivity index (χ1n) is 10.7. The molecule has 0 saturated heterocycles. The molecule has 4 N–H and O–H groups in total. The first-order valence-corrected chi connectivity index (χ1v) is 12.3. The van der Waals surface area contributed by atoms with E-state index in [1.165, 1.54) is 36.4 Å². The maximum Gasteiger partial charge on any atom is 0.451 e. The minimum Gasteiger partial charge on any atom is -0.393 e. The van der Waals surface area contributed by atoms with Crippen molar-refractivity contribution in [1.82, 2.24) is 9.97 Å². The van der Waals surface area contributed by atoms with E-state index in [0.717, 1.165) is 12.1 Å². The highest BCUT2D eigenvalue weighted by atomic mass is 32.2. The molecule has 0 amide bonds. The molecule has 1 aliphatic carbocycles. The van der Waals surface area contributed by atoms with E-state index in [9.17, 15) is 31.1 Å². The molecular weight excluding hydrogens is 488 g/mol. The van der Waals surface area contributed by atoms with Crippen LogP contribution in [0.15, 0.2) is 53.4 Å². The van der Waals surface area contributed by atoms with Crippen LogP contribution in [0.25, 0.3) is 22.4 Å². The van der Waals surface area contributed by atoms with E-state index in [1.807, 2.05) is 0 Å². The molecule has 1 fully saturated rings. The lowest BCUT2D eigenvalue weighted by Crippen LogP contribution is -2.29. The molecule has 7 nitrogen and oxygen atoms in total. The Kier molecular flexibility index (Phi) is 6.80. The molecular formula is C23H22F4N4O3S. The summed E-state index contributed by atoms with van der Waals surface area (Å²) < 4.78 is 78.8. The molecule has 1 aliphatic rings. The van der Waals surface area contributed by atoms with E-state index in [-0.39, 0.29) is 39.1 Å². The Morgan fingerprint density at radius 2 is 1.63 bits per heavy atom. The van der Waals surface area contributed by atoms with Gasteiger partial charge in [-0.3, -0.25) is 0 Å². The molecule has 2 aromatic carbocycles. The summed E-state index contributed by atoms with van der Waals surface area (Å²) in [6.45, 7) is 0. The molecule has 1 saturated carbocycles. The second-order valence-electron chi connectivity index (χ2n) is 8.35. The van der Waals surface area contributed by atoms with Gasteiger partial charge in [0, 0.05) is 11.6 Å². The molecule has 0 spiro atoms. The van der Waals surface area contributed by atoms with Crippen LogP contribution in [0, 0.1) is 5.82 Å². The lowest BCUT2D eigenvalue weighted by atomic mass is 9.92. The van der Waals surface area contributed by atoms with Crippen LogP contribution in [-0.4, -0.2) is 35.6 Å². The number of benzene rings is 2. The number of nitrogens with one attached hydrogen (secondary N) is 1. The van der Waals surface area contributed by atoms with Crippen molar-refractivity contribution in [1.29, 1.82) is 0 Å². The number of anilines is 1. The maximum absolute atomic E-state index is 13.8. The number of primary sulfonamides is 1. The number of nitrogens with zero attached hydrogens (tertiary/aromatic N) is 2. The van der Waals surface area contributed by atoms with Crippen molar-refractivity contribution < 1.29 is 31.1 Å². The Hall–Kier alpha value is -3.09. The third kappa shape index (κ3) is 5.77. The summed E-state index contributed by atoms with van der Waals surface area (Å²) in [5.74, 6) is -2.14. The van der Waals surface area contributed by atoms with Crippen molar-refractivity contribution in [3.63, 3.8) is 0 Å².